The Bertz CT molecular complexity index is 666. The van der Waals surface area contributed by atoms with Crippen molar-refractivity contribution >= 4 is 21.2 Å². The van der Waals surface area contributed by atoms with E-state index in [-0.39, 0.29) is 5.75 Å². The molecule has 2 atom stereocenters. The summed E-state index contributed by atoms with van der Waals surface area (Å²) in [7, 11) is -3.42. The lowest BCUT2D eigenvalue weighted by Gasteiger charge is -2.14. The van der Waals surface area contributed by atoms with E-state index in [1.807, 2.05) is 30.3 Å². The summed E-state index contributed by atoms with van der Waals surface area (Å²) in [5.41, 5.74) is 0.914. The Morgan fingerprint density at radius 3 is 2.45 bits per heavy atom. The highest BCUT2D eigenvalue weighted by atomic mass is 32.2. The van der Waals surface area contributed by atoms with E-state index in [0.717, 1.165) is 5.56 Å². The summed E-state index contributed by atoms with van der Waals surface area (Å²) in [5.74, 6) is -0.191. The van der Waals surface area contributed by atoms with Gasteiger partial charge in [0.1, 0.15) is 15.8 Å². The average Bonchev–Trinajstić information content (AvgIpc) is 2.86. The summed E-state index contributed by atoms with van der Waals surface area (Å²) in [6.07, 6.45) is -0.901. The van der Waals surface area contributed by atoms with Gasteiger partial charge in [0, 0.05) is 5.56 Å². The molecule has 2 rings (SSSR count). The third-order valence-electron chi connectivity index (χ3n) is 3.06. The lowest BCUT2D eigenvalue weighted by Crippen LogP contribution is -2.30. The Hall–Kier alpha value is -1.31. The lowest BCUT2D eigenvalue weighted by molar-refractivity contribution is 0.193. The van der Waals surface area contributed by atoms with Gasteiger partial charge in [-0.15, -0.1) is 10.2 Å². The summed E-state index contributed by atoms with van der Waals surface area (Å²) >= 11 is 1.26. The molecule has 0 saturated carbocycles. The summed E-state index contributed by atoms with van der Waals surface area (Å²) in [5, 5.41) is 17.7. The van der Waals surface area contributed by atoms with Crippen molar-refractivity contribution in [3.05, 3.63) is 35.3 Å². The second kappa shape index (κ2) is 5.99. The number of aliphatic hydroxyl groups is 1. The smallest absolute Gasteiger partial charge is 0.162 e. The minimum Gasteiger partial charge on any atom is -0.392 e. The van der Waals surface area contributed by atoms with Crippen molar-refractivity contribution in [2.24, 2.45) is 0 Å². The molecule has 1 N–H and O–H groups in total. The van der Waals surface area contributed by atoms with Crippen molar-refractivity contribution in [1.82, 2.24) is 10.2 Å². The van der Waals surface area contributed by atoms with Gasteiger partial charge in [0.05, 0.1) is 11.4 Å². The van der Waals surface area contributed by atoms with Crippen molar-refractivity contribution in [3.8, 4) is 10.6 Å². The van der Waals surface area contributed by atoms with Crippen LogP contribution in [0.5, 0.6) is 0 Å². The maximum absolute atomic E-state index is 12.1. The van der Waals surface area contributed by atoms with Crippen LogP contribution in [0.15, 0.2) is 30.3 Å². The molecule has 0 aliphatic heterocycles. The van der Waals surface area contributed by atoms with E-state index >= 15 is 0 Å². The molecule has 0 spiro atoms. The molecule has 1 aromatic heterocycles. The quantitative estimate of drug-likeness (QED) is 0.912. The van der Waals surface area contributed by atoms with E-state index in [4.69, 9.17) is 0 Å². The Kier molecular flexibility index (Phi) is 4.52. The predicted molar refractivity (Wildman–Crippen MR) is 79.1 cm³/mol. The van der Waals surface area contributed by atoms with Crippen molar-refractivity contribution < 1.29 is 13.5 Å². The van der Waals surface area contributed by atoms with E-state index in [9.17, 15) is 13.5 Å². The molecule has 0 unspecified atom stereocenters. The number of aliphatic hydroxyl groups excluding tert-OH is 1. The number of rotatable bonds is 5. The highest BCUT2D eigenvalue weighted by Gasteiger charge is 2.27. The molecule has 108 valence electrons. The topological polar surface area (TPSA) is 80.1 Å². The normalized spacial score (nSPS) is 14.9. The molecule has 0 aliphatic rings. The minimum absolute atomic E-state index is 0.191. The number of benzene rings is 1. The fourth-order valence-corrected chi connectivity index (χ4v) is 4.25. The molecule has 0 amide bonds. The van der Waals surface area contributed by atoms with Crippen LogP contribution in [0.3, 0.4) is 0 Å². The summed E-state index contributed by atoms with van der Waals surface area (Å²) in [4.78, 5) is 0. The molecule has 20 heavy (non-hydrogen) atoms. The molecular formula is C13H16N2O3S2. The molecule has 0 fully saturated rings. The maximum Gasteiger partial charge on any atom is 0.162 e. The van der Waals surface area contributed by atoms with Crippen LogP contribution in [0.1, 0.15) is 18.9 Å². The molecule has 0 bridgehead atoms. The van der Waals surface area contributed by atoms with Gasteiger partial charge in [-0.25, -0.2) is 8.42 Å². The van der Waals surface area contributed by atoms with Gasteiger partial charge in [-0.1, -0.05) is 41.7 Å². The van der Waals surface area contributed by atoms with E-state index in [2.05, 4.69) is 10.2 Å². The predicted octanol–water partition coefficient (Wildman–Crippen LogP) is 1.89. The van der Waals surface area contributed by atoms with Crippen LogP contribution in [0.2, 0.25) is 0 Å². The highest BCUT2D eigenvalue weighted by Crippen LogP contribution is 2.25. The van der Waals surface area contributed by atoms with Crippen molar-refractivity contribution in [2.45, 2.75) is 31.0 Å². The van der Waals surface area contributed by atoms with Crippen LogP contribution in [-0.2, 0) is 15.6 Å². The molecule has 0 radical (unpaired) electrons. The number of nitrogens with zero attached hydrogens (tertiary/aromatic N) is 2. The van der Waals surface area contributed by atoms with Crippen LogP contribution >= 0.6 is 11.3 Å². The third kappa shape index (κ3) is 3.41. The zero-order valence-corrected chi connectivity index (χ0v) is 12.9. The Labute approximate surface area is 122 Å². The summed E-state index contributed by atoms with van der Waals surface area (Å²) in [6.45, 7) is 2.97. The monoisotopic (exact) mass is 312 g/mol. The van der Waals surface area contributed by atoms with Gasteiger partial charge in [0.2, 0.25) is 0 Å². The van der Waals surface area contributed by atoms with Gasteiger partial charge >= 0.3 is 0 Å². The minimum atomic E-state index is -3.42. The van der Waals surface area contributed by atoms with E-state index in [1.54, 1.807) is 0 Å². The third-order valence-corrected chi connectivity index (χ3v) is 6.42. The van der Waals surface area contributed by atoms with E-state index in [1.165, 1.54) is 25.2 Å². The molecule has 0 aliphatic carbocycles. The SMILES string of the molecule is C[C@H](O)[C@H](C)S(=O)(=O)Cc1nnc(-c2ccccc2)s1. The van der Waals surface area contributed by atoms with Gasteiger partial charge < -0.3 is 5.11 Å². The fraction of sp³-hybridized carbons (Fsp3) is 0.385. The first-order valence-electron chi connectivity index (χ1n) is 6.17. The van der Waals surface area contributed by atoms with E-state index in [0.29, 0.717) is 10.0 Å². The zero-order valence-electron chi connectivity index (χ0n) is 11.2. The number of aromatic nitrogens is 2. The molecular weight excluding hydrogens is 296 g/mol. The first-order chi connectivity index (χ1) is 9.40. The maximum atomic E-state index is 12.1. The van der Waals surface area contributed by atoms with Crippen molar-refractivity contribution in [2.75, 3.05) is 0 Å². The van der Waals surface area contributed by atoms with E-state index < -0.39 is 21.2 Å². The van der Waals surface area contributed by atoms with Gasteiger partial charge in [0.15, 0.2) is 9.84 Å². The van der Waals surface area contributed by atoms with Crippen LogP contribution in [-0.4, -0.2) is 35.1 Å². The van der Waals surface area contributed by atoms with Crippen LogP contribution < -0.4 is 0 Å². The first kappa shape index (κ1) is 15.1. The van der Waals surface area contributed by atoms with Gasteiger partial charge in [-0.05, 0) is 13.8 Å². The van der Waals surface area contributed by atoms with Crippen molar-refractivity contribution in [1.29, 1.82) is 0 Å². The molecule has 0 saturated heterocycles. The van der Waals surface area contributed by atoms with Crippen molar-refractivity contribution in [3.63, 3.8) is 0 Å². The number of sulfone groups is 1. The fourth-order valence-electron chi connectivity index (χ4n) is 1.61. The largest absolute Gasteiger partial charge is 0.392 e. The molecule has 1 heterocycles. The highest BCUT2D eigenvalue weighted by molar-refractivity contribution is 7.91. The first-order valence-corrected chi connectivity index (χ1v) is 8.71. The van der Waals surface area contributed by atoms with Crippen LogP contribution in [0, 0.1) is 0 Å². The summed E-state index contributed by atoms with van der Waals surface area (Å²) < 4.78 is 24.1. The molecule has 5 nitrogen and oxygen atoms in total. The number of hydrogen-bond donors (Lipinski definition) is 1. The zero-order chi connectivity index (χ0) is 14.8. The second-order valence-electron chi connectivity index (χ2n) is 4.62. The lowest BCUT2D eigenvalue weighted by atomic mass is 10.2. The molecule has 1 aromatic carbocycles. The summed E-state index contributed by atoms with van der Waals surface area (Å²) in [6, 6.07) is 9.49. The van der Waals surface area contributed by atoms with Crippen LogP contribution in [0.4, 0.5) is 0 Å². The Morgan fingerprint density at radius 1 is 1.20 bits per heavy atom. The van der Waals surface area contributed by atoms with Gasteiger partial charge in [-0.3, -0.25) is 0 Å². The standard InChI is InChI=1S/C13H16N2O3S2/c1-9(16)10(2)20(17,18)8-12-14-15-13(19-12)11-6-4-3-5-7-11/h3-7,9-10,16H,8H2,1-2H3/t9-,10-/m0/s1. The molecule has 7 heteroatoms. The number of hydrogen-bond acceptors (Lipinski definition) is 6. The Morgan fingerprint density at radius 2 is 1.85 bits per heavy atom. The Balaban J connectivity index is 2.19. The molecule has 2 aromatic rings. The average molecular weight is 312 g/mol. The van der Waals surface area contributed by atoms with Crippen LogP contribution in [0.25, 0.3) is 10.6 Å². The van der Waals surface area contributed by atoms with Gasteiger partial charge in [0.25, 0.3) is 0 Å². The van der Waals surface area contributed by atoms with Gasteiger partial charge in [-0.2, -0.15) is 0 Å². The second-order valence-corrected chi connectivity index (χ2v) is 8.04.